The lowest BCUT2D eigenvalue weighted by atomic mass is 10.0. The molecule has 2 amide bonds. The molecule has 0 radical (unpaired) electrons. The fraction of sp³-hybridized carbons (Fsp3) is 0.583. The van der Waals surface area contributed by atoms with Crippen molar-refractivity contribution in [1.82, 2.24) is 19.1 Å². The summed E-state index contributed by atoms with van der Waals surface area (Å²) in [5, 5.41) is 3.26. The summed E-state index contributed by atoms with van der Waals surface area (Å²) in [5.74, 6) is -0.250. The van der Waals surface area contributed by atoms with Gasteiger partial charge in [-0.3, -0.25) is 4.79 Å². The zero-order valence-corrected chi connectivity index (χ0v) is 21.7. The minimum atomic E-state index is -3.38. The maximum absolute atomic E-state index is 13.5. The molecular formula is C24H36N4O5S. The van der Waals surface area contributed by atoms with E-state index in [1.165, 1.54) is 4.31 Å². The van der Waals surface area contributed by atoms with Crippen LogP contribution in [0.4, 0.5) is 4.79 Å². The number of nitrogens with zero attached hydrogens (tertiary/aromatic N) is 3. The third-order valence-electron chi connectivity index (χ3n) is 5.90. The lowest BCUT2D eigenvalue weighted by Crippen LogP contribution is -2.57. The first-order valence-corrected chi connectivity index (χ1v) is 13.1. The summed E-state index contributed by atoms with van der Waals surface area (Å²) >= 11 is 0. The topological polar surface area (TPSA) is 101 Å². The molecule has 1 atom stereocenters. The number of fused-ring (bicyclic) bond motifs is 1. The van der Waals surface area contributed by atoms with Crippen LogP contribution in [0.5, 0.6) is 0 Å². The van der Waals surface area contributed by atoms with E-state index in [0.717, 1.165) is 16.5 Å². The van der Waals surface area contributed by atoms with Crippen molar-refractivity contribution in [2.75, 3.05) is 26.2 Å². The predicted octanol–water partition coefficient (Wildman–Crippen LogP) is 2.50. The Labute approximate surface area is 202 Å². The Morgan fingerprint density at radius 3 is 2.29 bits per heavy atom. The van der Waals surface area contributed by atoms with E-state index >= 15 is 0 Å². The van der Waals surface area contributed by atoms with Crippen LogP contribution in [0.1, 0.15) is 40.2 Å². The summed E-state index contributed by atoms with van der Waals surface area (Å²) in [5.41, 5.74) is 1.27. The number of hydrogen-bond acceptors (Lipinski definition) is 5. The Kier molecular flexibility index (Phi) is 7.62. The molecule has 10 heteroatoms. The van der Waals surface area contributed by atoms with Gasteiger partial charge in [0.15, 0.2) is 0 Å². The molecule has 0 unspecified atom stereocenters. The summed E-state index contributed by atoms with van der Waals surface area (Å²) in [6, 6.07) is 7.06. The third-order valence-corrected chi connectivity index (χ3v) is 8.17. The smallest absolute Gasteiger partial charge is 0.408 e. The molecule has 9 nitrogen and oxygen atoms in total. The van der Waals surface area contributed by atoms with Crippen LogP contribution in [0.15, 0.2) is 30.5 Å². The van der Waals surface area contributed by atoms with Crippen molar-refractivity contribution in [2.24, 2.45) is 7.05 Å². The van der Waals surface area contributed by atoms with Gasteiger partial charge in [-0.15, -0.1) is 0 Å². The molecule has 1 aromatic heterocycles. The zero-order chi connectivity index (χ0) is 25.3. The Morgan fingerprint density at radius 1 is 1.09 bits per heavy atom. The van der Waals surface area contributed by atoms with E-state index in [1.54, 1.807) is 39.5 Å². The van der Waals surface area contributed by atoms with Crippen LogP contribution in [0.2, 0.25) is 0 Å². The first kappa shape index (κ1) is 26.0. The van der Waals surface area contributed by atoms with Gasteiger partial charge in [0.2, 0.25) is 15.9 Å². The standard InChI is InChI=1S/C24H36N4O5S/c1-17(2)34(31,32)28-13-11-27(12-14-28)22(29)20(25-23(30)33-24(3,4)5)15-18-16-26(6)21-10-8-7-9-19(18)21/h7-10,16-17,20H,11-15H2,1-6H3,(H,25,30)/t20-/m1/s1. The highest BCUT2D eigenvalue weighted by Crippen LogP contribution is 2.23. The van der Waals surface area contributed by atoms with Crippen molar-refractivity contribution in [3.63, 3.8) is 0 Å². The van der Waals surface area contributed by atoms with E-state index < -0.39 is 33.0 Å². The second-order valence-corrected chi connectivity index (χ2v) is 12.5. The van der Waals surface area contributed by atoms with Gasteiger partial charge >= 0.3 is 6.09 Å². The summed E-state index contributed by atoms with van der Waals surface area (Å²) in [6.45, 7) is 9.61. The normalized spacial score (nSPS) is 16.6. The number of aryl methyl sites for hydroxylation is 1. The Balaban J connectivity index is 1.80. The van der Waals surface area contributed by atoms with Gasteiger partial charge in [0.1, 0.15) is 11.6 Å². The number of nitrogens with one attached hydrogen (secondary N) is 1. The first-order chi connectivity index (χ1) is 15.8. The Hall–Kier alpha value is -2.59. The summed E-state index contributed by atoms with van der Waals surface area (Å²) < 4.78 is 33.8. The number of benzene rings is 1. The fourth-order valence-electron chi connectivity index (χ4n) is 4.14. The van der Waals surface area contributed by atoms with E-state index in [0.29, 0.717) is 6.42 Å². The van der Waals surface area contributed by atoms with Crippen LogP contribution >= 0.6 is 0 Å². The van der Waals surface area contributed by atoms with Gasteiger partial charge < -0.3 is 19.5 Å². The highest BCUT2D eigenvalue weighted by molar-refractivity contribution is 7.89. The van der Waals surface area contributed by atoms with Crippen LogP contribution in [0.3, 0.4) is 0 Å². The SMILES string of the molecule is CC(C)S(=O)(=O)N1CCN(C(=O)[C@@H](Cc2cn(C)c3ccccc23)NC(=O)OC(C)(C)C)CC1. The Bertz CT molecular complexity index is 1140. The molecule has 1 aliphatic heterocycles. The predicted molar refractivity (Wildman–Crippen MR) is 132 cm³/mol. The monoisotopic (exact) mass is 492 g/mol. The van der Waals surface area contributed by atoms with Gasteiger partial charge in [-0.1, -0.05) is 18.2 Å². The molecule has 1 fully saturated rings. The lowest BCUT2D eigenvalue weighted by Gasteiger charge is -2.36. The van der Waals surface area contributed by atoms with Crippen LogP contribution < -0.4 is 5.32 Å². The molecular weight excluding hydrogens is 456 g/mol. The Morgan fingerprint density at radius 2 is 1.71 bits per heavy atom. The fourth-order valence-corrected chi connectivity index (χ4v) is 5.41. The number of rotatable bonds is 6. The molecule has 1 N–H and O–H groups in total. The molecule has 0 spiro atoms. The molecule has 1 aliphatic rings. The molecule has 34 heavy (non-hydrogen) atoms. The first-order valence-electron chi connectivity index (χ1n) is 11.6. The van der Waals surface area contributed by atoms with E-state index in [9.17, 15) is 18.0 Å². The highest BCUT2D eigenvalue weighted by Gasteiger charge is 2.34. The summed E-state index contributed by atoms with van der Waals surface area (Å²) in [6.07, 6.45) is 1.60. The molecule has 0 aliphatic carbocycles. The third kappa shape index (κ3) is 5.90. The maximum atomic E-state index is 13.5. The maximum Gasteiger partial charge on any atom is 0.408 e. The van der Waals surface area contributed by atoms with Crippen LogP contribution in [0.25, 0.3) is 10.9 Å². The van der Waals surface area contributed by atoms with E-state index in [-0.39, 0.29) is 32.1 Å². The average molecular weight is 493 g/mol. The van der Waals surface area contributed by atoms with Crippen molar-refractivity contribution < 1.29 is 22.7 Å². The van der Waals surface area contributed by atoms with Crippen molar-refractivity contribution in [3.05, 3.63) is 36.0 Å². The minimum Gasteiger partial charge on any atom is -0.444 e. The molecule has 188 valence electrons. The van der Waals surface area contributed by atoms with Crippen LogP contribution in [0, 0.1) is 0 Å². The number of ether oxygens (including phenoxy) is 1. The van der Waals surface area contributed by atoms with Gasteiger partial charge in [0, 0.05) is 56.7 Å². The number of carbonyl (C=O) groups excluding carboxylic acids is 2. The second-order valence-electron chi connectivity index (χ2n) is 10.0. The van der Waals surface area contributed by atoms with Crippen molar-refractivity contribution in [3.8, 4) is 0 Å². The summed E-state index contributed by atoms with van der Waals surface area (Å²) in [7, 11) is -1.43. The molecule has 1 saturated heterocycles. The second kappa shape index (κ2) is 9.95. The number of aromatic nitrogens is 1. The molecule has 3 rings (SSSR count). The van der Waals surface area contributed by atoms with Crippen LogP contribution in [-0.4, -0.2) is 77.3 Å². The van der Waals surface area contributed by atoms with Gasteiger partial charge in [0.05, 0.1) is 5.25 Å². The number of sulfonamides is 1. The lowest BCUT2D eigenvalue weighted by molar-refractivity contribution is -0.134. The van der Waals surface area contributed by atoms with Gasteiger partial charge in [-0.2, -0.15) is 4.31 Å². The quantitative estimate of drug-likeness (QED) is 0.668. The molecule has 0 saturated carbocycles. The van der Waals surface area contributed by atoms with Crippen molar-refractivity contribution in [1.29, 1.82) is 0 Å². The number of hydrogen-bond donors (Lipinski definition) is 1. The largest absolute Gasteiger partial charge is 0.444 e. The van der Waals surface area contributed by atoms with Crippen LogP contribution in [-0.2, 0) is 33.0 Å². The van der Waals surface area contributed by atoms with Gasteiger partial charge in [-0.05, 0) is 46.2 Å². The minimum absolute atomic E-state index is 0.236. The van der Waals surface area contributed by atoms with E-state index in [2.05, 4.69) is 5.32 Å². The molecule has 1 aromatic carbocycles. The van der Waals surface area contributed by atoms with Gasteiger partial charge in [-0.25, -0.2) is 13.2 Å². The number of piperazine rings is 1. The average Bonchev–Trinajstić information content (AvgIpc) is 3.07. The highest BCUT2D eigenvalue weighted by atomic mass is 32.2. The molecule has 2 aromatic rings. The van der Waals surface area contributed by atoms with Crippen molar-refractivity contribution >= 4 is 32.9 Å². The zero-order valence-electron chi connectivity index (χ0n) is 20.9. The van der Waals surface area contributed by atoms with Gasteiger partial charge in [0.25, 0.3) is 0 Å². The van der Waals surface area contributed by atoms with Crippen molar-refractivity contribution in [2.45, 2.75) is 57.9 Å². The summed E-state index contributed by atoms with van der Waals surface area (Å²) in [4.78, 5) is 27.7. The van der Waals surface area contributed by atoms with E-state index in [1.807, 2.05) is 42.1 Å². The van der Waals surface area contributed by atoms with E-state index in [4.69, 9.17) is 4.74 Å². The molecule has 0 bridgehead atoms. The number of para-hydroxylation sites is 1. The number of carbonyl (C=O) groups is 2. The number of alkyl carbamates (subject to hydrolysis) is 1. The molecule has 2 heterocycles. The number of amides is 2.